The number of carbonyl (C=O) groups is 1. The van der Waals surface area contributed by atoms with Gasteiger partial charge in [-0.25, -0.2) is 0 Å². The van der Waals surface area contributed by atoms with Crippen molar-refractivity contribution in [1.82, 2.24) is 0 Å². The molecule has 0 unspecified atom stereocenters. The van der Waals surface area contributed by atoms with Gasteiger partial charge < -0.3 is 11.1 Å². The normalized spacial score (nSPS) is 10.2. The maximum atomic E-state index is 12.0. The number of nitrogen functional groups attached to an aromatic ring is 1. The Morgan fingerprint density at radius 2 is 1.79 bits per heavy atom. The van der Waals surface area contributed by atoms with E-state index in [4.69, 9.17) is 5.73 Å². The van der Waals surface area contributed by atoms with Crippen molar-refractivity contribution < 1.29 is 4.79 Å². The largest absolute Gasteiger partial charge is 0.398 e. The van der Waals surface area contributed by atoms with Gasteiger partial charge in [0.1, 0.15) is 0 Å². The molecular formula is C16H18N2O. The van der Waals surface area contributed by atoms with Crippen LogP contribution in [0.15, 0.2) is 42.5 Å². The summed E-state index contributed by atoms with van der Waals surface area (Å²) in [4.78, 5) is 12.0. The molecule has 0 radical (unpaired) electrons. The Hall–Kier alpha value is -2.29. The Kier molecular flexibility index (Phi) is 3.85. The molecule has 98 valence electrons. The van der Waals surface area contributed by atoms with Crippen LogP contribution in [0.2, 0.25) is 0 Å². The quantitative estimate of drug-likeness (QED) is 0.827. The van der Waals surface area contributed by atoms with Crippen molar-refractivity contribution in [1.29, 1.82) is 0 Å². The van der Waals surface area contributed by atoms with E-state index in [2.05, 4.69) is 5.32 Å². The molecule has 0 aromatic heterocycles. The van der Waals surface area contributed by atoms with E-state index in [1.165, 1.54) is 0 Å². The van der Waals surface area contributed by atoms with Gasteiger partial charge in [-0.15, -0.1) is 0 Å². The van der Waals surface area contributed by atoms with E-state index in [0.29, 0.717) is 12.1 Å². The minimum atomic E-state index is -0.0300. The van der Waals surface area contributed by atoms with Crippen LogP contribution in [-0.2, 0) is 11.2 Å². The van der Waals surface area contributed by atoms with Gasteiger partial charge in [0, 0.05) is 11.4 Å². The summed E-state index contributed by atoms with van der Waals surface area (Å²) in [5.74, 6) is -0.0300. The van der Waals surface area contributed by atoms with Crippen molar-refractivity contribution in [2.24, 2.45) is 0 Å². The van der Waals surface area contributed by atoms with Gasteiger partial charge in [0.2, 0.25) is 5.91 Å². The van der Waals surface area contributed by atoms with Gasteiger partial charge in [-0.1, -0.05) is 36.4 Å². The van der Waals surface area contributed by atoms with E-state index in [1.54, 1.807) is 0 Å². The van der Waals surface area contributed by atoms with E-state index in [1.807, 2.05) is 56.3 Å². The van der Waals surface area contributed by atoms with Crippen molar-refractivity contribution >= 4 is 17.3 Å². The number of anilines is 2. The fourth-order valence-corrected chi connectivity index (χ4v) is 1.98. The van der Waals surface area contributed by atoms with Crippen molar-refractivity contribution in [2.75, 3.05) is 11.1 Å². The number of benzene rings is 2. The van der Waals surface area contributed by atoms with Crippen LogP contribution in [0.4, 0.5) is 11.4 Å². The van der Waals surface area contributed by atoms with Gasteiger partial charge in [0.15, 0.2) is 0 Å². The second-order valence-electron chi connectivity index (χ2n) is 4.73. The first-order valence-electron chi connectivity index (χ1n) is 6.27. The Bertz CT molecular complexity index is 591. The van der Waals surface area contributed by atoms with Gasteiger partial charge in [-0.05, 0) is 36.6 Å². The lowest BCUT2D eigenvalue weighted by Gasteiger charge is -2.11. The molecule has 2 aromatic carbocycles. The number of hydrogen-bond acceptors (Lipinski definition) is 2. The van der Waals surface area contributed by atoms with Gasteiger partial charge in [0.05, 0.1) is 6.42 Å². The molecule has 19 heavy (non-hydrogen) atoms. The highest BCUT2D eigenvalue weighted by molar-refractivity contribution is 5.93. The van der Waals surface area contributed by atoms with Crippen LogP contribution in [0.1, 0.15) is 16.7 Å². The van der Waals surface area contributed by atoms with E-state index < -0.39 is 0 Å². The van der Waals surface area contributed by atoms with Gasteiger partial charge in [-0.2, -0.15) is 0 Å². The zero-order valence-electron chi connectivity index (χ0n) is 11.2. The third kappa shape index (κ3) is 3.35. The minimum Gasteiger partial charge on any atom is -0.398 e. The monoisotopic (exact) mass is 254 g/mol. The Labute approximate surface area is 113 Å². The summed E-state index contributed by atoms with van der Waals surface area (Å²) in [6.45, 7) is 3.92. The molecule has 1 amide bonds. The highest BCUT2D eigenvalue weighted by Gasteiger charge is 2.07. The molecule has 3 heteroatoms. The first-order chi connectivity index (χ1) is 9.06. The van der Waals surface area contributed by atoms with Gasteiger partial charge >= 0.3 is 0 Å². The summed E-state index contributed by atoms with van der Waals surface area (Å²) < 4.78 is 0. The fourth-order valence-electron chi connectivity index (χ4n) is 1.98. The Morgan fingerprint density at radius 3 is 2.47 bits per heavy atom. The summed E-state index contributed by atoms with van der Waals surface area (Å²) in [7, 11) is 0. The molecule has 0 aliphatic carbocycles. The maximum Gasteiger partial charge on any atom is 0.228 e. The number of nitrogens with two attached hydrogens (primary N) is 1. The Morgan fingerprint density at radius 1 is 1.11 bits per heavy atom. The van der Waals surface area contributed by atoms with E-state index in [9.17, 15) is 4.79 Å². The predicted octanol–water partition coefficient (Wildman–Crippen LogP) is 3.07. The number of hydrogen-bond donors (Lipinski definition) is 2. The molecule has 0 aliphatic rings. The van der Waals surface area contributed by atoms with Crippen molar-refractivity contribution in [2.45, 2.75) is 20.3 Å². The Balaban J connectivity index is 2.09. The van der Waals surface area contributed by atoms with E-state index in [0.717, 1.165) is 22.4 Å². The zero-order chi connectivity index (χ0) is 13.8. The van der Waals surface area contributed by atoms with E-state index in [-0.39, 0.29) is 5.91 Å². The lowest BCUT2D eigenvalue weighted by atomic mass is 10.1. The topological polar surface area (TPSA) is 55.1 Å². The molecule has 0 saturated carbocycles. The standard InChI is InChI=1S/C16H18N2O/c1-11-8-12(2)15(10-14(11)17)18-16(19)9-13-6-4-3-5-7-13/h3-8,10H,9,17H2,1-2H3,(H,18,19). The number of rotatable bonds is 3. The molecule has 0 heterocycles. The SMILES string of the molecule is Cc1cc(C)c(NC(=O)Cc2ccccc2)cc1N. The minimum absolute atomic E-state index is 0.0300. The number of amides is 1. The third-order valence-electron chi connectivity index (χ3n) is 3.09. The maximum absolute atomic E-state index is 12.0. The van der Waals surface area contributed by atoms with E-state index >= 15 is 0 Å². The fraction of sp³-hybridized carbons (Fsp3) is 0.188. The second-order valence-corrected chi connectivity index (χ2v) is 4.73. The van der Waals surface area contributed by atoms with Crippen LogP contribution in [0.25, 0.3) is 0 Å². The molecule has 2 rings (SSSR count). The van der Waals surface area contributed by atoms with Crippen LogP contribution in [0.3, 0.4) is 0 Å². The predicted molar refractivity (Wildman–Crippen MR) is 79.1 cm³/mol. The highest BCUT2D eigenvalue weighted by Crippen LogP contribution is 2.22. The van der Waals surface area contributed by atoms with Crippen molar-refractivity contribution in [3.63, 3.8) is 0 Å². The molecule has 0 saturated heterocycles. The average Bonchev–Trinajstić information content (AvgIpc) is 2.37. The van der Waals surface area contributed by atoms with Crippen LogP contribution in [-0.4, -0.2) is 5.91 Å². The summed E-state index contributed by atoms with van der Waals surface area (Å²) in [6, 6.07) is 13.5. The third-order valence-corrected chi connectivity index (χ3v) is 3.09. The molecule has 0 aliphatic heterocycles. The first-order valence-corrected chi connectivity index (χ1v) is 6.27. The number of nitrogens with one attached hydrogen (secondary N) is 1. The number of aryl methyl sites for hydroxylation is 2. The van der Waals surface area contributed by atoms with Crippen molar-refractivity contribution in [3.05, 3.63) is 59.2 Å². The van der Waals surface area contributed by atoms with Gasteiger partial charge in [0.25, 0.3) is 0 Å². The lowest BCUT2D eigenvalue weighted by molar-refractivity contribution is -0.115. The lowest BCUT2D eigenvalue weighted by Crippen LogP contribution is -2.15. The molecule has 3 N–H and O–H groups in total. The second kappa shape index (κ2) is 5.57. The summed E-state index contributed by atoms with van der Waals surface area (Å²) in [5.41, 5.74) is 10.4. The van der Waals surface area contributed by atoms with Crippen molar-refractivity contribution in [3.8, 4) is 0 Å². The number of carbonyl (C=O) groups excluding carboxylic acids is 1. The van der Waals surface area contributed by atoms with Crippen LogP contribution >= 0.6 is 0 Å². The van der Waals surface area contributed by atoms with Gasteiger partial charge in [-0.3, -0.25) is 4.79 Å². The summed E-state index contributed by atoms with van der Waals surface area (Å²) >= 11 is 0. The first kappa shape index (κ1) is 13.1. The van der Waals surface area contributed by atoms with Crippen LogP contribution in [0, 0.1) is 13.8 Å². The zero-order valence-corrected chi connectivity index (χ0v) is 11.2. The molecular weight excluding hydrogens is 236 g/mol. The molecule has 0 fully saturated rings. The molecule has 2 aromatic rings. The molecule has 0 bridgehead atoms. The smallest absolute Gasteiger partial charge is 0.228 e. The average molecular weight is 254 g/mol. The highest BCUT2D eigenvalue weighted by atomic mass is 16.1. The van der Waals surface area contributed by atoms with Crippen LogP contribution < -0.4 is 11.1 Å². The molecule has 3 nitrogen and oxygen atoms in total. The summed E-state index contributed by atoms with van der Waals surface area (Å²) in [6.07, 6.45) is 0.369. The summed E-state index contributed by atoms with van der Waals surface area (Å²) in [5, 5.41) is 2.91. The molecule has 0 atom stereocenters. The van der Waals surface area contributed by atoms with Crippen LogP contribution in [0.5, 0.6) is 0 Å². The molecule has 0 spiro atoms.